The molecule has 0 heterocycles. The standard InChI is InChI=1S/C10H11O3.W/c1-2-13-9-5-3-4-8(6-9)7-10(11)12;/h3-4,6H,2,7H2,1H3,(H,11,12);/q-1;. The molecule has 0 aliphatic carbocycles. The molecule has 14 heavy (non-hydrogen) atoms. The van der Waals surface area contributed by atoms with Crippen LogP contribution in [0.2, 0.25) is 0 Å². The summed E-state index contributed by atoms with van der Waals surface area (Å²) in [4.78, 5) is 10.4. The number of rotatable bonds is 4. The second kappa shape index (κ2) is 6.61. The monoisotopic (exact) mass is 363 g/mol. The van der Waals surface area contributed by atoms with Gasteiger partial charge in [0.1, 0.15) is 0 Å². The van der Waals surface area contributed by atoms with E-state index in [0.717, 1.165) is 5.56 Å². The average molecular weight is 363 g/mol. The largest absolute Gasteiger partial charge is 0.520 e. The molecule has 3 nitrogen and oxygen atoms in total. The van der Waals surface area contributed by atoms with Crippen LogP contribution in [0.5, 0.6) is 5.75 Å². The molecule has 0 bridgehead atoms. The first-order valence-electron chi connectivity index (χ1n) is 4.07. The minimum Gasteiger partial charge on any atom is -0.520 e. The Bertz CT molecular complexity index is 299. The smallest absolute Gasteiger partial charge is 0.305 e. The fourth-order valence-corrected chi connectivity index (χ4v) is 1.01. The van der Waals surface area contributed by atoms with Gasteiger partial charge in [-0.15, -0.1) is 17.7 Å². The van der Waals surface area contributed by atoms with E-state index in [4.69, 9.17) is 9.84 Å². The summed E-state index contributed by atoms with van der Waals surface area (Å²) in [6.45, 7) is 2.44. The maximum absolute atomic E-state index is 10.4. The van der Waals surface area contributed by atoms with Gasteiger partial charge in [-0.05, 0) is 6.92 Å². The number of ether oxygens (including phenoxy) is 1. The van der Waals surface area contributed by atoms with Gasteiger partial charge < -0.3 is 9.84 Å². The first-order valence-corrected chi connectivity index (χ1v) is 4.07. The number of carboxylic acids is 1. The first kappa shape index (κ1) is 13.2. The summed E-state index contributed by atoms with van der Waals surface area (Å²) < 4.78 is 5.18. The van der Waals surface area contributed by atoms with Gasteiger partial charge >= 0.3 is 5.97 Å². The van der Waals surface area contributed by atoms with Crippen molar-refractivity contribution in [3.8, 4) is 5.75 Å². The van der Waals surface area contributed by atoms with Crippen molar-refractivity contribution in [3.63, 3.8) is 0 Å². The zero-order valence-electron chi connectivity index (χ0n) is 7.82. The van der Waals surface area contributed by atoms with Crippen molar-refractivity contribution >= 4 is 5.97 Å². The predicted molar refractivity (Wildman–Crippen MR) is 47.8 cm³/mol. The van der Waals surface area contributed by atoms with E-state index in [0.29, 0.717) is 12.4 Å². The zero-order chi connectivity index (χ0) is 9.68. The van der Waals surface area contributed by atoms with Crippen LogP contribution < -0.4 is 4.74 Å². The molecule has 0 fully saturated rings. The summed E-state index contributed by atoms with van der Waals surface area (Å²) in [5.74, 6) is -0.241. The molecule has 1 aromatic rings. The van der Waals surface area contributed by atoms with Crippen LogP contribution in [-0.2, 0) is 32.3 Å². The van der Waals surface area contributed by atoms with E-state index in [9.17, 15) is 4.79 Å². The van der Waals surface area contributed by atoms with Gasteiger partial charge in [-0.2, -0.15) is 12.1 Å². The number of benzene rings is 1. The Morgan fingerprint density at radius 3 is 2.93 bits per heavy atom. The van der Waals surface area contributed by atoms with Gasteiger partial charge in [-0.1, -0.05) is 0 Å². The van der Waals surface area contributed by atoms with Crippen LogP contribution in [0.3, 0.4) is 0 Å². The SMILES string of the molecule is CCOc1[c-]ccc(CC(=O)O)c1.[W]. The molecule has 76 valence electrons. The normalized spacial score (nSPS) is 8.93. The maximum Gasteiger partial charge on any atom is 0.305 e. The average Bonchev–Trinajstić information content (AvgIpc) is 2.04. The zero-order valence-corrected chi connectivity index (χ0v) is 10.8. The van der Waals surface area contributed by atoms with Crippen LogP contribution in [0.25, 0.3) is 0 Å². The van der Waals surface area contributed by atoms with Crippen LogP contribution in [0.15, 0.2) is 18.2 Å². The van der Waals surface area contributed by atoms with Crippen LogP contribution in [0, 0.1) is 6.07 Å². The predicted octanol–water partition coefficient (Wildman–Crippen LogP) is 1.51. The van der Waals surface area contributed by atoms with Crippen molar-refractivity contribution in [3.05, 3.63) is 29.8 Å². The van der Waals surface area contributed by atoms with E-state index < -0.39 is 5.97 Å². The molecule has 0 amide bonds. The molecule has 0 radical (unpaired) electrons. The molecule has 0 saturated carbocycles. The van der Waals surface area contributed by atoms with Crippen LogP contribution in [0.4, 0.5) is 0 Å². The summed E-state index contributed by atoms with van der Waals surface area (Å²) in [6, 6.07) is 7.95. The minimum atomic E-state index is -0.839. The van der Waals surface area contributed by atoms with Crippen molar-refractivity contribution < 1.29 is 35.7 Å². The maximum atomic E-state index is 10.4. The summed E-state index contributed by atoms with van der Waals surface area (Å²) in [5.41, 5.74) is 0.731. The summed E-state index contributed by atoms with van der Waals surface area (Å²) in [5, 5.41) is 8.54. The van der Waals surface area contributed by atoms with Gasteiger partial charge in [-0.25, -0.2) is 0 Å². The fourth-order valence-electron chi connectivity index (χ4n) is 1.01. The van der Waals surface area contributed by atoms with Gasteiger partial charge in [0.2, 0.25) is 0 Å². The van der Waals surface area contributed by atoms with Crippen molar-refractivity contribution in [1.82, 2.24) is 0 Å². The quantitative estimate of drug-likeness (QED) is 0.826. The molecule has 1 rings (SSSR count). The molecule has 0 aliphatic heterocycles. The van der Waals surface area contributed by atoms with Crippen molar-refractivity contribution in [1.29, 1.82) is 0 Å². The van der Waals surface area contributed by atoms with E-state index in [1.54, 1.807) is 18.2 Å². The van der Waals surface area contributed by atoms with E-state index in [-0.39, 0.29) is 27.5 Å². The van der Waals surface area contributed by atoms with Crippen LogP contribution in [0.1, 0.15) is 12.5 Å². The van der Waals surface area contributed by atoms with Crippen LogP contribution >= 0.6 is 0 Å². The molecule has 0 aromatic heterocycles. The molecule has 0 atom stereocenters. The van der Waals surface area contributed by atoms with Crippen molar-refractivity contribution in [2.75, 3.05) is 6.61 Å². The Kier molecular flexibility index (Phi) is 6.22. The molecule has 0 saturated heterocycles. The summed E-state index contributed by atoms with van der Waals surface area (Å²) >= 11 is 0. The second-order valence-corrected chi connectivity index (χ2v) is 2.56. The number of hydrogen-bond donors (Lipinski definition) is 1. The first-order chi connectivity index (χ1) is 6.22. The van der Waals surface area contributed by atoms with E-state index >= 15 is 0 Å². The van der Waals surface area contributed by atoms with Gasteiger partial charge in [0.05, 0.1) is 6.61 Å². The Morgan fingerprint density at radius 2 is 2.36 bits per heavy atom. The molecule has 1 N–H and O–H groups in total. The Hall–Kier alpha value is -0.822. The van der Waals surface area contributed by atoms with E-state index in [2.05, 4.69) is 6.07 Å². The number of carbonyl (C=O) groups is 1. The molecular weight excluding hydrogens is 352 g/mol. The van der Waals surface area contributed by atoms with Gasteiger partial charge in [0.25, 0.3) is 0 Å². The molecule has 1 aromatic carbocycles. The van der Waals surface area contributed by atoms with E-state index in [1.165, 1.54) is 0 Å². The number of hydrogen-bond acceptors (Lipinski definition) is 2. The van der Waals surface area contributed by atoms with Gasteiger partial charge in [0.15, 0.2) is 0 Å². The topological polar surface area (TPSA) is 46.5 Å². The minimum absolute atomic E-state index is 0. The fraction of sp³-hybridized carbons (Fsp3) is 0.300. The molecule has 0 unspecified atom stereocenters. The summed E-state index contributed by atoms with van der Waals surface area (Å²) in [6.07, 6.45) is 0.0226. The van der Waals surface area contributed by atoms with Gasteiger partial charge in [0, 0.05) is 33.2 Å². The number of carboxylic acid groups (broad SMARTS) is 1. The molecule has 4 heteroatoms. The summed E-state index contributed by atoms with van der Waals surface area (Å²) in [7, 11) is 0. The number of aliphatic carboxylic acids is 1. The molecule has 0 aliphatic rings. The molecular formula is C10H11O3W-. The third-order valence-electron chi connectivity index (χ3n) is 1.49. The van der Waals surface area contributed by atoms with E-state index in [1.807, 2.05) is 6.92 Å². The Balaban J connectivity index is 0.00000169. The van der Waals surface area contributed by atoms with Crippen LogP contribution in [-0.4, -0.2) is 17.7 Å². The van der Waals surface area contributed by atoms with Gasteiger partial charge in [-0.3, -0.25) is 4.79 Å². The van der Waals surface area contributed by atoms with Crippen molar-refractivity contribution in [2.24, 2.45) is 0 Å². The third-order valence-corrected chi connectivity index (χ3v) is 1.49. The Labute approximate surface area is 97.3 Å². The molecule has 0 spiro atoms. The van der Waals surface area contributed by atoms with Crippen molar-refractivity contribution in [2.45, 2.75) is 13.3 Å². The third kappa shape index (κ3) is 4.42. The second-order valence-electron chi connectivity index (χ2n) is 2.56. The Morgan fingerprint density at radius 1 is 1.64 bits per heavy atom.